The fourth-order valence-electron chi connectivity index (χ4n) is 5.54. The molecule has 7 nitrogen and oxygen atoms in total. The zero-order chi connectivity index (χ0) is 26.8. The van der Waals surface area contributed by atoms with E-state index < -0.39 is 0 Å². The summed E-state index contributed by atoms with van der Waals surface area (Å²) in [6.45, 7) is 4.59. The lowest BCUT2D eigenvalue weighted by Gasteiger charge is -2.38. The molecule has 1 aromatic heterocycles. The van der Waals surface area contributed by atoms with Crippen molar-refractivity contribution < 1.29 is 18.7 Å². The summed E-state index contributed by atoms with van der Waals surface area (Å²) in [7, 11) is 0. The van der Waals surface area contributed by atoms with Gasteiger partial charge >= 0.3 is 0 Å². The second-order valence-corrected chi connectivity index (χ2v) is 11.5. The summed E-state index contributed by atoms with van der Waals surface area (Å²) in [4.78, 5) is 34.5. The molecule has 39 heavy (non-hydrogen) atoms. The van der Waals surface area contributed by atoms with E-state index in [-0.39, 0.29) is 36.2 Å². The van der Waals surface area contributed by atoms with Crippen LogP contribution in [0.15, 0.2) is 47.8 Å². The number of thiazole rings is 1. The van der Waals surface area contributed by atoms with E-state index in [9.17, 15) is 14.0 Å². The summed E-state index contributed by atoms with van der Waals surface area (Å²) in [5, 5.41) is 5.45. The number of carbonyl (C=O) groups is 2. The van der Waals surface area contributed by atoms with Crippen LogP contribution >= 0.6 is 11.3 Å². The number of fused-ring (bicyclic) bond motifs is 1. The molecule has 3 aliphatic rings. The number of hydrogen-bond donors (Lipinski definition) is 1. The van der Waals surface area contributed by atoms with Gasteiger partial charge in [0.25, 0.3) is 5.91 Å². The molecule has 204 valence electrons. The molecule has 6 rings (SSSR count). The first-order chi connectivity index (χ1) is 19.0. The third-order valence-electron chi connectivity index (χ3n) is 7.80. The van der Waals surface area contributed by atoms with Gasteiger partial charge in [-0.2, -0.15) is 0 Å². The number of benzene rings is 2. The van der Waals surface area contributed by atoms with Crippen molar-refractivity contribution in [3.8, 4) is 5.75 Å². The van der Waals surface area contributed by atoms with Crippen molar-refractivity contribution >= 4 is 23.2 Å². The average molecular weight is 549 g/mol. The molecule has 1 saturated carbocycles. The Morgan fingerprint density at radius 2 is 1.87 bits per heavy atom. The number of amides is 2. The van der Waals surface area contributed by atoms with Crippen LogP contribution in [0.3, 0.4) is 0 Å². The standard InChI is InChI=1S/C30H33FN4O3S/c31-23-8-5-21(6-9-23)28-25-17-24(10-7-20(25)11-15-35(28)30(37)22-3-4-22)38-18-27-33-26(19-39-27)29(36)32-12-16-34-13-1-2-14-34/h5-10,17,19,22,28H,1-4,11-16,18H2,(H,32,36). The normalized spacial score (nSPS) is 19.1. The zero-order valence-corrected chi connectivity index (χ0v) is 22.7. The molecule has 2 aromatic carbocycles. The van der Waals surface area contributed by atoms with Crippen LogP contribution in [0, 0.1) is 11.7 Å². The number of nitrogens with one attached hydrogen (secondary N) is 1. The lowest BCUT2D eigenvalue weighted by molar-refractivity contribution is -0.134. The summed E-state index contributed by atoms with van der Waals surface area (Å²) in [5.41, 5.74) is 3.48. The molecular formula is C30H33FN4O3S. The molecule has 2 aliphatic heterocycles. The Hall–Kier alpha value is -3.30. The maximum Gasteiger partial charge on any atom is 0.270 e. The van der Waals surface area contributed by atoms with Crippen molar-refractivity contribution in [1.29, 1.82) is 0 Å². The SMILES string of the molecule is O=C(NCCN1CCCC1)c1csc(COc2ccc3c(c2)C(c2ccc(F)cc2)N(C(=O)C2CC2)CC3)n1. The van der Waals surface area contributed by atoms with Gasteiger partial charge < -0.3 is 19.9 Å². The van der Waals surface area contributed by atoms with Crippen molar-refractivity contribution in [3.05, 3.63) is 81.1 Å². The van der Waals surface area contributed by atoms with Crippen LogP contribution in [0.1, 0.15) is 63.9 Å². The van der Waals surface area contributed by atoms with Crippen LogP contribution in [0.5, 0.6) is 5.75 Å². The topological polar surface area (TPSA) is 74.8 Å². The highest BCUT2D eigenvalue weighted by atomic mass is 32.1. The molecule has 2 amide bonds. The Kier molecular flexibility index (Phi) is 7.61. The van der Waals surface area contributed by atoms with Gasteiger partial charge in [0.15, 0.2) is 0 Å². The number of likely N-dealkylation sites (tertiary alicyclic amines) is 1. The van der Waals surface area contributed by atoms with Crippen LogP contribution in [0.25, 0.3) is 0 Å². The molecular weight excluding hydrogens is 515 g/mol. The van der Waals surface area contributed by atoms with E-state index in [1.165, 1.54) is 41.9 Å². The number of carbonyl (C=O) groups excluding carboxylic acids is 2. The van der Waals surface area contributed by atoms with Gasteiger partial charge in [-0.05, 0) is 86.1 Å². The molecule has 1 N–H and O–H groups in total. The van der Waals surface area contributed by atoms with Crippen molar-refractivity contribution in [1.82, 2.24) is 20.1 Å². The third-order valence-corrected chi connectivity index (χ3v) is 8.62. The van der Waals surface area contributed by atoms with Gasteiger partial charge in [0.2, 0.25) is 5.91 Å². The van der Waals surface area contributed by atoms with E-state index in [1.54, 1.807) is 17.5 Å². The second kappa shape index (κ2) is 11.4. The highest BCUT2D eigenvalue weighted by molar-refractivity contribution is 7.09. The van der Waals surface area contributed by atoms with Crippen LogP contribution in [-0.2, 0) is 17.8 Å². The van der Waals surface area contributed by atoms with Crippen LogP contribution in [0.2, 0.25) is 0 Å². The molecule has 2 fully saturated rings. The molecule has 1 unspecified atom stereocenters. The zero-order valence-electron chi connectivity index (χ0n) is 21.9. The smallest absolute Gasteiger partial charge is 0.270 e. The molecule has 1 saturated heterocycles. The van der Waals surface area contributed by atoms with Crippen molar-refractivity contribution in [2.45, 2.75) is 44.8 Å². The third kappa shape index (κ3) is 5.99. The Balaban J connectivity index is 1.13. The van der Waals surface area contributed by atoms with Crippen molar-refractivity contribution in [2.24, 2.45) is 5.92 Å². The van der Waals surface area contributed by atoms with Gasteiger partial charge in [0.05, 0.1) is 6.04 Å². The van der Waals surface area contributed by atoms with Crippen molar-refractivity contribution in [2.75, 3.05) is 32.7 Å². The van der Waals surface area contributed by atoms with Crippen LogP contribution in [-0.4, -0.2) is 59.3 Å². The van der Waals surface area contributed by atoms with E-state index >= 15 is 0 Å². The minimum absolute atomic E-state index is 0.102. The van der Waals surface area contributed by atoms with E-state index in [4.69, 9.17) is 4.74 Å². The fourth-order valence-corrected chi connectivity index (χ4v) is 6.23. The summed E-state index contributed by atoms with van der Waals surface area (Å²) < 4.78 is 19.8. The Morgan fingerprint density at radius 3 is 2.64 bits per heavy atom. The maximum absolute atomic E-state index is 13.7. The van der Waals surface area contributed by atoms with Gasteiger partial charge in [-0.1, -0.05) is 18.2 Å². The number of nitrogens with zero attached hydrogens (tertiary/aromatic N) is 3. The highest BCUT2D eigenvalue weighted by Gasteiger charge is 2.39. The highest BCUT2D eigenvalue weighted by Crippen LogP contribution is 2.41. The number of ether oxygens (including phenoxy) is 1. The molecule has 0 radical (unpaired) electrons. The number of halogens is 1. The molecule has 9 heteroatoms. The first kappa shape index (κ1) is 26.0. The minimum Gasteiger partial charge on any atom is -0.486 e. The van der Waals surface area contributed by atoms with Crippen molar-refractivity contribution in [3.63, 3.8) is 0 Å². The number of rotatable bonds is 9. The second-order valence-electron chi connectivity index (χ2n) is 10.6. The van der Waals surface area contributed by atoms with E-state index in [1.807, 2.05) is 17.0 Å². The Bertz CT molecular complexity index is 1330. The van der Waals surface area contributed by atoms with E-state index in [0.717, 1.165) is 55.0 Å². The van der Waals surface area contributed by atoms with Crippen LogP contribution in [0.4, 0.5) is 4.39 Å². The average Bonchev–Trinajstić information content (AvgIpc) is 3.46. The monoisotopic (exact) mass is 548 g/mol. The molecule has 3 heterocycles. The fraction of sp³-hybridized carbons (Fsp3) is 0.433. The summed E-state index contributed by atoms with van der Waals surface area (Å²) in [6.07, 6.45) is 5.12. The Morgan fingerprint density at radius 1 is 1.08 bits per heavy atom. The first-order valence-corrected chi connectivity index (χ1v) is 14.7. The van der Waals surface area contributed by atoms with Gasteiger partial charge in [-0.25, -0.2) is 9.37 Å². The van der Waals surface area contributed by atoms with E-state index in [2.05, 4.69) is 21.3 Å². The van der Waals surface area contributed by atoms with Gasteiger partial charge in [0, 0.05) is 30.9 Å². The lowest BCUT2D eigenvalue weighted by Crippen LogP contribution is -2.41. The van der Waals surface area contributed by atoms with Gasteiger partial charge in [0.1, 0.15) is 28.9 Å². The molecule has 1 atom stereocenters. The largest absolute Gasteiger partial charge is 0.486 e. The summed E-state index contributed by atoms with van der Waals surface area (Å²) >= 11 is 1.40. The maximum atomic E-state index is 13.7. The predicted octanol–water partition coefficient (Wildman–Crippen LogP) is 4.57. The predicted molar refractivity (Wildman–Crippen MR) is 147 cm³/mol. The van der Waals surface area contributed by atoms with Gasteiger partial charge in [-0.3, -0.25) is 9.59 Å². The Labute approximate surface area is 232 Å². The molecule has 0 spiro atoms. The molecule has 0 bridgehead atoms. The molecule has 3 aromatic rings. The minimum atomic E-state index is -0.296. The number of aromatic nitrogens is 1. The number of hydrogen-bond acceptors (Lipinski definition) is 6. The quantitative estimate of drug-likeness (QED) is 0.424. The lowest BCUT2D eigenvalue weighted by atomic mass is 9.87. The van der Waals surface area contributed by atoms with Crippen LogP contribution < -0.4 is 10.1 Å². The summed E-state index contributed by atoms with van der Waals surface area (Å²) in [5.74, 6) is 0.497. The van der Waals surface area contributed by atoms with Gasteiger partial charge in [-0.15, -0.1) is 11.3 Å². The summed E-state index contributed by atoms with van der Waals surface area (Å²) in [6, 6.07) is 12.2. The first-order valence-electron chi connectivity index (χ1n) is 13.8. The van der Waals surface area contributed by atoms with E-state index in [0.29, 0.717) is 24.5 Å². The molecule has 1 aliphatic carbocycles.